The summed E-state index contributed by atoms with van der Waals surface area (Å²) in [4.78, 5) is 22.8. The summed E-state index contributed by atoms with van der Waals surface area (Å²) in [6.07, 6.45) is 0. The molecule has 0 aliphatic carbocycles. The molecule has 1 amide bonds. The third-order valence-corrected chi connectivity index (χ3v) is 2.44. The van der Waals surface area contributed by atoms with Gasteiger partial charge in [0, 0.05) is 16.7 Å². The maximum Gasteiger partial charge on any atom is 0.327 e. The Morgan fingerprint density at radius 3 is 3.09 bits per heavy atom. The van der Waals surface area contributed by atoms with Crippen LogP contribution in [0, 0.1) is 0 Å². The number of carboxylic acid groups (broad SMARTS) is 1. The number of hydrogen-bond acceptors (Lipinski definition) is 3. The van der Waals surface area contributed by atoms with Crippen molar-refractivity contribution in [3.8, 4) is 0 Å². The van der Waals surface area contributed by atoms with Gasteiger partial charge in [-0.1, -0.05) is 0 Å². The molecular weight excluding hydrogens is 166 g/mol. The summed E-state index contributed by atoms with van der Waals surface area (Å²) in [6, 6.07) is -1.01. The second kappa shape index (κ2) is 3.13. The number of thioether (sulfide) groups is 1. The lowest BCUT2D eigenvalue weighted by Crippen LogP contribution is -2.40. The summed E-state index contributed by atoms with van der Waals surface area (Å²) in [5, 5.41) is 8.71. The fourth-order valence-corrected chi connectivity index (χ4v) is 1.99. The lowest BCUT2D eigenvalue weighted by molar-refractivity contribution is -0.146. The Morgan fingerprint density at radius 2 is 2.55 bits per heavy atom. The average Bonchev–Trinajstić information content (AvgIpc) is 2.48. The SMILES string of the molecule is [2H]C([2H])([2H])C(=O)N1CSC[C@H]1C(=O)O. The van der Waals surface area contributed by atoms with E-state index in [1.807, 2.05) is 0 Å². The Morgan fingerprint density at radius 1 is 1.82 bits per heavy atom. The van der Waals surface area contributed by atoms with E-state index in [0.717, 1.165) is 4.90 Å². The molecule has 11 heavy (non-hydrogen) atoms. The zero-order valence-corrected chi connectivity index (χ0v) is 6.43. The number of aliphatic carboxylic acids is 1. The molecule has 0 unspecified atom stereocenters. The van der Waals surface area contributed by atoms with E-state index in [1.54, 1.807) is 0 Å². The van der Waals surface area contributed by atoms with Gasteiger partial charge in [-0.3, -0.25) is 4.79 Å². The van der Waals surface area contributed by atoms with Crippen LogP contribution in [0.2, 0.25) is 0 Å². The first kappa shape index (κ1) is 5.03. The van der Waals surface area contributed by atoms with Gasteiger partial charge in [0.15, 0.2) is 0 Å². The van der Waals surface area contributed by atoms with E-state index in [-0.39, 0.29) is 11.6 Å². The van der Waals surface area contributed by atoms with Crippen LogP contribution in [0.1, 0.15) is 11.0 Å². The summed E-state index contributed by atoms with van der Waals surface area (Å²) in [7, 11) is 0. The molecule has 0 aromatic carbocycles. The van der Waals surface area contributed by atoms with E-state index < -0.39 is 24.8 Å². The molecule has 0 radical (unpaired) electrons. The Bertz CT molecular complexity index is 268. The van der Waals surface area contributed by atoms with E-state index >= 15 is 0 Å². The first-order valence-electron chi connectivity index (χ1n) is 4.45. The normalized spacial score (nSPS) is 28.9. The largest absolute Gasteiger partial charge is 0.480 e. The predicted octanol–water partition coefficient (Wildman–Crippen LogP) is -0.00760. The monoisotopic (exact) mass is 178 g/mol. The topological polar surface area (TPSA) is 57.6 Å². The molecule has 4 nitrogen and oxygen atoms in total. The quantitative estimate of drug-likeness (QED) is 0.613. The van der Waals surface area contributed by atoms with Gasteiger partial charge in [-0.2, -0.15) is 0 Å². The van der Waals surface area contributed by atoms with Crippen LogP contribution in [-0.4, -0.2) is 39.6 Å². The Balaban J connectivity index is 2.77. The molecule has 1 atom stereocenters. The third-order valence-electron chi connectivity index (χ3n) is 1.43. The molecule has 1 aliphatic rings. The lowest BCUT2D eigenvalue weighted by atomic mass is 10.3. The number of carbonyl (C=O) groups excluding carboxylic acids is 1. The number of nitrogens with zero attached hydrogens (tertiary/aromatic N) is 1. The van der Waals surface area contributed by atoms with Crippen molar-refractivity contribution >= 4 is 23.6 Å². The van der Waals surface area contributed by atoms with Gasteiger partial charge in [0.05, 0.1) is 5.88 Å². The molecule has 1 aliphatic heterocycles. The average molecular weight is 178 g/mol. The molecule has 0 bridgehead atoms. The van der Waals surface area contributed by atoms with Crippen LogP contribution in [-0.2, 0) is 9.59 Å². The molecule has 1 fully saturated rings. The van der Waals surface area contributed by atoms with Crippen molar-refractivity contribution < 1.29 is 18.8 Å². The summed E-state index contributed by atoms with van der Waals surface area (Å²) in [6.45, 7) is -2.75. The van der Waals surface area contributed by atoms with Crippen molar-refractivity contribution in [1.29, 1.82) is 0 Å². The molecule has 0 aromatic heterocycles. The van der Waals surface area contributed by atoms with Crippen molar-refractivity contribution in [3.63, 3.8) is 0 Å². The van der Waals surface area contributed by atoms with E-state index in [0.29, 0.717) is 0 Å². The van der Waals surface area contributed by atoms with Crippen molar-refractivity contribution in [3.05, 3.63) is 0 Å². The summed E-state index contributed by atoms with van der Waals surface area (Å²) in [5.41, 5.74) is 0. The Hall–Kier alpha value is -0.710. The number of amides is 1. The van der Waals surface area contributed by atoms with Gasteiger partial charge in [-0.25, -0.2) is 4.79 Å². The number of carbonyl (C=O) groups is 2. The smallest absolute Gasteiger partial charge is 0.327 e. The van der Waals surface area contributed by atoms with Crippen molar-refractivity contribution in [2.75, 3.05) is 11.6 Å². The minimum absolute atomic E-state index is 0.133. The Labute approximate surface area is 72.8 Å². The third kappa shape index (κ3) is 1.65. The van der Waals surface area contributed by atoms with E-state index in [2.05, 4.69) is 0 Å². The highest BCUT2D eigenvalue weighted by atomic mass is 32.2. The maximum atomic E-state index is 11.3. The number of rotatable bonds is 1. The van der Waals surface area contributed by atoms with E-state index in [9.17, 15) is 9.59 Å². The maximum absolute atomic E-state index is 11.3. The standard InChI is InChI=1S/C6H9NO3S/c1-4(8)7-3-11-2-5(7)6(9)10/h5H,2-3H2,1H3,(H,9,10)/t5-/m0/s1/i1D3. The molecule has 62 valence electrons. The van der Waals surface area contributed by atoms with E-state index in [4.69, 9.17) is 9.22 Å². The second-order valence-electron chi connectivity index (χ2n) is 2.13. The molecule has 0 aromatic rings. The van der Waals surface area contributed by atoms with Gasteiger partial charge >= 0.3 is 5.97 Å². The first-order valence-corrected chi connectivity index (χ1v) is 4.11. The van der Waals surface area contributed by atoms with Gasteiger partial charge in [0.2, 0.25) is 5.91 Å². The highest BCUT2D eigenvalue weighted by Gasteiger charge is 2.32. The van der Waals surface area contributed by atoms with E-state index in [1.165, 1.54) is 11.8 Å². The second-order valence-corrected chi connectivity index (χ2v) is 3.13. The minimum Gasteiger partial charge on any atom is -0.480 e. The number of hydrogen-bond donors (Lipinski definition) is 1. The molecule has 0 saturated carbocycles. The zero-order valence-electron chi connectivity index (χ0n) is 8.61. The van der Waals surface area contributed by atoms with Crippen LogP contribution in [0.25, 0.3) is 0 Å². The molecular formula is C6H9NO3S. The van der Waals surface area contributed by atoms with Crippen molar-refractivity contribution in [2.24, 2.45) is 0 Å². The highest BCUT2D eigenvalue weighted by molar-refractivity contribution is 7.99. The fourth-order valence-electron chi connectivity index (χ4n) is 0.847. The van der Waals surface area contributed by atoms with Crippen LogP contribution in [0.3, 0.4) is 0 Å². The molecule has 5 heteroatoms. The van der Waals surface area contributed by atoms with Gasteiger partial charge in [-0.15, -0.1) is 11.8 Å². The molecule has 0 spiro atoms. The predicted molar refractivity (Wildman–Crippen MR) is 41.3 cm³/mol. The van der Waals surface area contributed by atoms with Crippen LogP contribution in [0.5, 0.6) is 0 Å². The number of carboxylic acids is 1. The molecule has 1 N–H and O–H groups in total. The van der Waals surface area contributed by atoms with Crippen LogP contribution in [0.4, 0.5) is 0 Å². The van der Waals surface area contributed by atoms with Crippen LogP contribution < -0.4 is 0 Å². The van der Waals surface area contributed by atoms with Gasteiger partial charge in [-0.05, 0) is 0 Å². The fraction of sp³-hybridized carbons (Fsp3) is 0.667. The van der Waals surface area contributed by atoms with Gasteiger partial charge in [0.25, 0.3) is 0 Å². The Kier molecular flexibility index (Phi) is 1.43. The molecule has 1 rings (SSSR count). The first-order chi connectivity index (χ1) is 6.34. The summed E-state index contributed by atoms with van der Waals surface area (Å²) < 4.78 is 20.6. The molecule has 1 saturated heterocycles. The van der Waals surface area contributed by atoms with Crippen molar-refractivity contribution in [2.45, 2.75) is 12.9 Å². The van der Waals surface area contributed by atoms with Gasteiger partial charge < -0.3 is 10.0 Å². The van der Waals surface area contributed by atoms with Gasteiger partial charge in [0.1, 0.15) is 6.04 Å². The zero-order chi connectivity index (χ0) is 10.9. The van der Waals surface area contributed by atoms with Crippen LogP contribution in [0.15, 0.2) is 0 Å². The summed E-state index contributed by atoms with van der Waals surface area (Å²) >= 11 is 1.24. The highest BCUT2D eigenvalue weighted by Crippen LogP contribution is 2.20. The minimum atomic E-state index is -2.75. The molecule has 1 heterocycles. The van der Waals surface area contributed by atoms with Crippen molar-refractivity contribution in [1.82, 2.24) is 4.90 Å². The van der Waals surface area contributed by atoms with Crippen LogP contribution >= 0.6 is 11.8 Å². The lowest BCUT2D eigenvalue weighted by Gasteiger charge is -2.17. The summed E-state index contributed by atoms with van der Waals surface area (Å²) in [5.74, 6) is -1.87.